The lowest BCUT2D eigenvalue weighted by Crippen LogP contribution is -2.46. The van der Waals surface area contributed by atoms with E-state index in [2.05, 4.69) is 15.5 Å². The quantitative estimate of drug-likeness (QED) is 0.471. The number of carbonyl (C=O) groups is 1. The van der Waals surface area contributed by atoms with Crippen LogP contribution in [0, 0.1) is 0 Å². The lowest BCUT2D eigenvalue weighted by atomic mass is 9.94. The van der Waals surface area contributed by atoms with Crippen LogP contribution in [0.25, 0.3) is 17.0 Å². The predicted molar refractivity (Wildman–Crippen MR) is 125 cm³/mol. The number of benzene rings is 2. The first-order valence-corrected chi connectivity index (χ1v) is 10.9. The highest BCUT2D eigenvalue weighted by molar-refractivity contribution is 6.30. The number of rotatable bonds is 8. The van der Waals surface area contributed by atoms with E-state index in [0.717, 1.165) is 22.4 Å². The van der Waals surface area contributed by atoms with Crippen molar-refractivity contribution in [3.8, 4) is 17.1 Å². The van der Waals surface area contributed by atoms with Crippen molar-refractivity contribution >= 4 is 23.2 Å². The van der Waals surface area contributed by atoms with Gasteiger partial charge >= 0.3 is 6.03 Å². The van der Waals surface area contributed by atoms with Crippen LogP contribution in [-0.2, 0) is 4.74 Å². The Bertz CT molecular complexity index is 1180. The average molecular weight is 469 g/mol. The van der Waals surface area contributed by atoms with E-state index in [0.29, 0.717) is 42.1 Å². The van der Waals surface area contributed by atoms with E-state index in [9.17, 15) is 4.79 Å². The van der Waals surface area contributed by atoms with E-state index in [1.807, 2.05) is 43.3 Å². The van der Waals surface area contributed by atoms with Gasteiger partial charge < -0.3 is 19.3 Å². The van der Waals surface area contributed by atoms with Gasteiger partial charge in [-0.3, -0.25) is 4.90 Å². The number of allylic oxidation sites excluding steroid dienone is 1. The number of ether oxygens (including phenoxy) is 2. The second-order valence-electron chi connectivity index (χ2n) is 7.59. The van der Waals surface area contributed by atoms with Gasteiger partial charge in [-0.2, -0.15) is 4.98 Å². The maximum absolute atomic E-state index is 13.0. The van der Waals surface area contributed by atoms with Gasteiger partial charge in [-0.05, 0) is 43.2 Å². The number of halogens is 1. The van der Waals surface area contributed by atoms with Crippen LogP contribution in [0.4, 0.5) is 4.79 Å². The van der Waals surface area contributed by atoms with Crippen LogP contribution in [0.3, 0.4) is 0 Å². The van der Waals surface area contributed by atoms with Crippen molar-refractivity contribution < 1.29 is 18.8 Å². The highest BCUT2D eigenvalue weighted by Crippen LogP contribution is 2.38. The summed E-state index contributed by atoms with van der Waals surface area (Å²) in [6.07, 6.45) is 0.690. The molecule has 0 bridgehead atoms. The van der Waals surface area contributed by atoms with Crippen molar-refractivity contribution in [1.82, 2.24) is 20.4 Å². The summed E-state index contributed by atoms with van der Waals surface area (Å²) in [7, 11) is 3.24. The molecular weight excluding hydrogens is 444 g/mol. The largest absolute Gasteiger partial charge is 0.497 e. The molecule has 1 unspecified atom stereocenters. The fraction of sp³-hybridized carbons (Fsp3) is 0.292. The number of hydrogen-bond acceptors (Lipinski definition) is 6. The van der Waals surface area contributed by atoms with Crippen molar-refractivity contribution in [2.24, 2.45) is 0 Å². The Morgan fingerprint density at radius 2 is 2.00 bits per heavy atom. The van der Waals surface area contributed by atoms with Crippen molar-refractivity contribution in [2.45, 2.75) is 19.4 Å². The molecule has 1 aliphatic heterocycles. The Morgan fingerprint density at radius 3 is 2.76 bits per heavy atom. The van der Waals surface area contributed by atoms with E-state index in [4.69, 9.17) is 25.6 Å². The number of nitrogens with one attached hydrogen (secondary N) is 1. The molecule has 0 saturated carbocycles. The van der Waals surface area contributed by atoms with Crippen LogP contribution in [0.5, 0.6) is 5.75 Å². The zero-order chi connectivity index (χ0) is 23.4. The Labute approximate surface area is 197 Å². The minimum absolute atomic E-state index is 0.199. The molecule has 0 saturated heterocycles. The lowest BCUT2D eigenvalue weighted by molar-refractivity contribution is 0.174. The normalized spacial score (nSPS) is 16.2. The monoisotopic (exact) mass is 468 g/mol. The maximum Gasteiger partial charge on any atom is 0.322 e. The van der Waals surface area contributed by atoms with Crippen LogP contribution in [-0.4, -0.2) is 48.4 Å². The number of urea groups is 1. The minimum Gasteiger partial charge on any atom is -0.497 e. The highest BCUT2D eigenvalue weighted by Gasteiger charge is 2.35. The third-order valence-corrected chi connectivity index (χ3v) is 5.73. The molecule has 3 aromatic rings. The Morgan fingerprint density at radius 1 is 1.18 bits per heavy atom. The molecule has 8 nitrogen and oxygen atoms in total. The summed E-state index contributed by atoms with van der Waals surface area (Å²) < 4.78 is 16.2. The Hall–Kier alpha value is -3.36. The molecule has 1 atom stereocenters. The topological polar surface area (TPSA) is 89.7 Å². The Kier molecular flexibility index (Phi) is 6.96. The first-order valence-electron chi connectivity index (χ1n) is 10.5. The van der Waals surface area contributed by atoms with Gasteiger partial charge in [0.05, 0.1) is 18.7 Å². The summed E-state index contributed by atoms with van der Waals surface area (Å²) in [5.41, 5.74) is 3.05. The zero-order valence-electron chi connectivity index (χ0n) is 18.7. The molecule has 33 heavy (non-hydrogen) atoms. The fourth-order valence-corrected chi connectivity index (χ4v) is 4.03. The third kappa shape index (κ3) is 4.86. The van der Waals surface area contributed by atoms with Crippen molar-refractivity contribution in [3.63, 3.8) is 0 Å². The number of amides is 2. The van der Waals surface area contributed by atoms with Gasteiger partial charge in [-0.25, -0.2) is 4.79 Å². The van der Waals surface area contributed by atoms with Crippen LogP contribution in [0.15, 0.2) is 58.8 Å². The molecule has 172 valence electrons. The predicted octanol–water partition coefficient (Wildman–Crippen LogP) is 4.93. The molecule has 0 spiro atoms. The summed E-state index contributed by atoms with van der Waals surface area (Å²) in [5, 5.41) is 7.83. The fourth-order valence-electron chi connectivity index (χ4n) is 3.84. The van der Waals surface area contributed by atoms with Gasteiger partial charge in [0.15, 0.2) is 0 Å². The second-order valence-corrected chi connectivity index (χ2v) is 8.03. The molecule has 2 aromatic carbocycles. The zero-order valence-corrected chi connectivity index (χ0v) is 19.4. The summed E-state index contributed by atoms with van der Waals surface area (Å²) >= 11 is 6.13. The molecule has 0 aliphatic carbocycles. The molecular formula is C24H25ClN4O4. The van der Waals surface area contributed by atoms with Crippen LogP contribution < -0.4 is 10.1 Å². The molecule has 9 heteroatoms. The number of methoxy groups -OCH3 is 2. The Balaban J connectivity index is 1.78. The summed E-state index contributed by atoms with van der Waals surface area (Å²) in [5.74, 6) is 1.43. The van der Waals surface area contributed by atoms with E-state index >= 15 is 0 Å². The number of hydrogen-bond donors (Lipinski definition) is 1. The molecule has 1 aliphatic rings. The third-order valence-electron chi connectivity index (χ3n) is 5.49. The van der Waals surface area contributed by atoms with Crippen LogP contribution in [0.2, 0.25) is 5.02 Å². The highest BCUT2D eigenvalue weighted by atomic mass is 35.5. The van der Waals surface area contributed by atoms with Gasteiger partial charge in [-0.1, -0.05) is 41.0 Å². The summed E-state index contributed by atoms with van der Waals surface area (Å²) in [4.78, 5) is 19.3. The molecule has 4 rings (SSSR count). The van der Waals surface area contributed by atoms with Gasteiger partial charge in [0.1, 0.15) is 5.75 Å². The molecule has 0 radical (unpaired) electrons. The molecule has 1 N–H and O–H groups in total. The van der Waals surface area contributed by atoms with Gasteiger partial charge in [0.2, 0.25) is 5.82 Å². The van der Waals surface area contributed by atoms with Crippen LogP contribution in [0.1, 0.15) is 30.8 Å². The molecule has 2 amide bonds. The number of aromatic nitrogens is 2. The smallest absolute Gasteiger partial charge is 0.322 e. The van der Waals surface area contributed by atoms with E-state index < -0.39 is 6.04 Å². The molecule has 2 heterocycles. The van der Waals surface area contributed by atoms with Crippen molar-refractivity contribution in [1.29, 1.82) is 0 Å². The van der Waals surface area contributed by atoms with E-state index in [1.54, 1.807) is 31.3 Å². The van der Waals surface area contributed by atoms with E-state index in [1.165, 1.54) is 0 Å². The summed E-state index contributed by atoms with van der Waals surface area (Å²) in [6.45, 7) is 2.93. The average Bonchev–Trinajstić information content (AvgIpc) is 3.30. The molecule has 0 fully saturated rings. The SMILES string of the molecule is COCCCN1C(=O)NC(c2cccc(OC)c2)C(c2nc(-c3cccc(Cl)c3)no2)=C1C. The minimum atomic E-state index is -0.487. The van der Waals surface area contributed by atoms with Gasteiger partial charge in [0, 0.05) is 36.5 Å². The first kappa shape index (κ1) is 22.8. The number of nitrogens with zero attached hydrogens (tertiary/aromatic N) is 3. The van der Waals surface area contributed by atoms with Gasteiger partial charge in [0.25, 0.3) is 5.89 Å². The van der Waals surface area contributed by atoms with Crippen molar-refractivity contribution in [3.05, 3.63) is 70.7 Å². The van der Waals surface area contributed by atoms with Gasteiger partial charge in [-0.15, -0.1) is 0 Å². The summed E-state index contributed by atoms with van der Waals surface area (Å²) in [6, 6.07) is 14.1. The standard InChI is InChI=1S/C24H25ClN4O4/c1-15-20(23-27-22(28-33-23)17-8-4-9-18(25)13-17)21(16-7-5-10-19(14-16)32-3)26-24(30)29(15)11-6-12-31-2/h4-5,7-10,13-14,21H,6,11-12H2,1-3H3,(H,26,30). The number of carbonyl (C=O) groups excluding carboxylic acids is 1. The van der Waals surface area contributed by atoms with E-state index in [-0.39, 0.29) is 6.03 Å². The first-order chi connectivity index (χ1) is 16.0. The maximum atomic E-state index is 13.0. The van der Waals surface area contributed by atoms with Crippen molar-refractivity contribution in [2.75, 3.05) is 27.4 Å². The second kappa shape index (κ2) is 10.1. The lowest BCUT2D eigenvalue weighted by Gasteiger charge is -2.35. The van der Waals surface area contributed by atoms with Crippen LogP contribution >= 0.6 is 11.6 Å². The molecule has 1 aromatic heterocycles.